The summed E-state index contributed by atoms with van der Waals surface area (Å²) in [5.41, 5.74) is 7.32. The molecule has 0 aliphatic heterocycles. The van der Waals surface area contributed by atoms with Crippen LogP contribution in [0.2, 0.25) is 0 Å². The Balaban J connectivity index is 1.96. The molecule has 3 heteroatoms. The summed E-state index contributed by atoms with van der Waals surface area (Å²) >= 11 is 0. The number of benzene rings is 1. The summed E-state index contributed by atoms with van der Waals surface area (Å²) in [7, 11) is 2.08. The molecule has 1 aromatic carbocycles. The van der Waals surface area contributed by atoms with Crippen molar-refractivity contribution in [1.29, 1.82) is 0 Å². The Hall–Kier alpha value is -1.09. The number of hydrogen-bond acceptors (Lipinski definition) is 2. The van der Waals surface area contributed by atoms with Crippen molar-refractivity contribution < 1.29 is 4.39 Å². The van der Waals surface area contributed by atoms with Crippen LogP contribution >= 0.6 is 0 Å². The summed E-state index contributed by atoms with van der Waals surface area (Å²) in [6.07, 6.45) is 2.70. The van der Waals surface area contributed by atoms with Gasteiger partial charge in [-0.25, -0.2) is 4.39 Å². The molecule has 0 aromatic heterocycles. The van der Waals surface area contributed by atoms with E-state index in [1.54, 1.807) is 6.07 Å². The number of anilines is 1. The molecule has 1 aromatic rings. The van der Waals surface area contributed by atoms with Crippen LogP contribution in [0.3, 0.4) is 0 Å². The van der Waals surface area contributed by atoms with Crippen LogP contribution in [-0.2, 0) is 6.54 Å². The van der Waals surface area contributed by atoms with E-state index >= 15 is 0 Å². The van der Waals surface area contributed by atoms with Gasteiger partial charge in [-0.05, 0) is 43.5 Å². The Labute approximate surface area is 89.9 Å². The first-order valence-corrected chi connectivity index (χ1v) is 5.37. The van der Waals surface area contributed by atoms with E-state index in [-0.39, 0.29) is 5.82 Å². The van der Waals surface area contributed by atoms with Gasteiger partial charge >= 0.3 is 0 Å². The lowest BCUT2D eigenvalue weighted by atomic mass is 10.1. The van der Waals surface area contributed by atoms with Gasteiger partial charge in [-0.1, -0.05) is 6.07 Å². The number of nitrogens with two attached hydrogens (primary N) is 1. The quantitative estimate of drug-likeness (QED) is 0.769. The van der Waals surface area contributed by atoms with Gasteiger partial charge in [0.25, 0.3) is 0 Å². The lowest BCUT2D eigenvalue weighted by Gasteiger charge is -2.17. The van der Waals surface area contributed by atoms with Crippen LogP contribution in [0.4, 0.5) is 10.1 Å². The summed E-state index contributed by atoms with van der Waals surface area (Å²) in [5, 5.41) is 0. The smallest absolute Gasteiger partial charge is 0.125 e. The summed E-state index contributed by atoms with van der Waals surface area (Å²) in [5.74, 6) is 0.609. The highest BCUT2D eigenvalue weighted by Gasteiger charge is 2.22. The molecule has 1 aliphatic carbocycles. The van der Waals surface area contributed by atoms with Crippen LogP contribution in [0.1, 0.15) is 18.4 Å². The fourth-order valence-corrected chi connectivity index (χ4v) is 1.81. The monoisotopic (exact) mass is 208 g/mol. The third kappa shape index (κ3) is 2.93. The van der Waals surface area contributed by atoms with Crippen LogP contribution in [0, 0.1) is 11.7 Å². The van der Waals surface area contributed by atoms with E-state index in [0.29, 0.717) is 5.69 Å². The molecule has 1 saturated carbocycles. The van der Waals surface area contributed by atoms with E-state index in [2.05, 4.69) is 11.9 Å². The van der Waals surface area contributed by atoms with E-state index in [0.717, 1.165) is 24.6 Å². The van der Waals surface area contributed by atoms with Crippen molar-refractivity contribution in [3.8, 4) is 0 Å². The van der Waals surface area contributed by atoms with Crippen molar-refractivity contribution in [2.24, 2.45) is 5.92 Å². The largest absolute Gasteiger partial charge is 0.398 e. The van der Waals surface area contributed by atoms with Gasteiger partial charge in [-0.2, -0.15) is 0 Å². The molecule has 15 heavy (non-hydrogen) atoms. The van der Waals surface area contributed by atoms with Crippen LogP contribution in [0.15, 0.2) is 18.2 Å². The van der Waals surface area contributed by atoms with Crippen molar-refractivity contribution in [1.82, 2.24) is 4.90 Å². The van der Waals surface area contributed by atoms with Gasteiger partial charge in [-0.15, -0.1) is 0 Å². The first-order valence-electron chi connectivity index (χ1n) is 5.37. The Kier molecular flexibility index (Phi) is 2.91. The fraction of sp³-hybridized carbons (Fsp3) is 0.500. The Bertz CT molecular complexity index is 347. The molecule has 0 saturated heterocycles. The molecule has 0 heterocycles. The van der Waals surface area contributed by atoms with Gasteiger partial charge < -0.3 is 10.6 Å². The first-order chi connectivity index (χ1) is 7.15. The number of hydrogen-bond donors (Lipinski definition) is 1. The van der Waals surface area contributed by atoms with Gasteiger partial charge in [0.15, 0.2) is 0 Å². The van der Waals surface area contributed by atoms with E-state index in [9.17, 15) is 4.39 Å². The third-order valence-electron chi connectivity index (χ3n) is 2.81. The molecule has 0 amide bonds. The second-order valence-electron chi connectivity index (χ2n) is 4.48. The van der Waals surface area contributed by atoms with Crippen LogP contribution in [-0.4, -0.2) is 18.5 Å². The van der Waals surface area contributed by atoms with Crippen molar-refractivity contribution in [2.45, 2.75) is 19.4 Å². The van der Waals surface area contributed by atoms with Crippen molar-refractivity contribution in [2.75, 3.05) is 19.3 Å². The minimum absolute atomic E-state index is 0.263. The molecule has 1 fully saturated rings. The zero-order valence-electron chi connectivity index (χ0n) is 9.04. The van der Waals surface area contributed by atoms with Crippen LogP contribution in [0.5, 0.6) is 0 Å². The zero-order valence-corrected chi connectivity index (χ0v) is 9.04. The van der Waals surface area contributed by atoms with Crippen molar-refractivity contribution in [3.05, 3.63) is 29.6 Å². The van der Waals surface area contributed by atoms with Gasteiger partial charge in [0.05, 0.1) is 0 Å². The minimum Gasteiger partial charge on any atom is -0.398 e. The standard InChI is InChI=1S/C12H17FN2/c1-15(7-9-2-3-9)8-10-4-5-11(13)6-12(10)14/h4-6,9H,2-3,7-8,14H2,1H3. The molecule has 82 valence electrons. The lowest BCUT2D eigenvalue weighted by molar-refractivity contribution is 0.313. The number of nitrogen functional groups attached to an aromatic ring is 1. The molecular formula is C12H17FN2. The molecule has 2 N–H and O–H groups in total. The summed E-state index contributed by atoms with van der Waals surface area (Å²) in [6.45, 7) is 1.93. The third-order valence-corrected chi connectivity index (χ3v) is 2.81. The number of nitrogens with zero attached hydrogens (tertiary/aromatic N) is 1. The number of rotatable bonds is 4. The molecule has 1 aliphatic rings. The number of halogens is 1. The second-order valence-corrected chi connectivity index (χ2v) is 4.48. The maximum absolute atomic E-state index is 12.8. The lowest BCUT2D eigenvalue weighted by Crippen LogP contribution is -2.21. The maximum atomic E-state index is 12.8. The Morgan fingerprint density at radius 3 is 2.80 bits per heavy atom. The highest BCUT2D eigenvalue weighted by molar-refractivity contribution is 5.46. The predicted molar refractivity (Wildman–Crippen MR) is 59.9 cm³/mol. The molecular weight excluding hydrogens is 191 g/mol. The van der Waals surface area contributed by atoms with Crippen molar-refractivity contribution in [3.63, 3.8) is 0 Å². The van der Waals surface area contributed by atoms with E-state index in [1.165, 1.54) is 25.0 Å². The van der Waals surface area contributed by atoms with E-state index in [1.807, 2.05) is 0 Å². The Morgan fingerprint density at radius 1 is 1.47 bits per heavy atom. The summed E-state index contributed by atoms with van der Waals surface area (Å²) < 4.78 is 12.8. The Morgan fingerprint density at radius 2 is 2.20 bits per heavy atom. The molecule has 0 atom stereocenters. The molecule has 0 radical (unpaired) electrons. The fourth-order valence-electron chi connectivity index (χ4n) is 1.81. The average Bonchev–Trinajstić information content (AvgIpc) is 2.94. The molecule has 0 unspecified atom stereocenters. The summed E-state index contributed by atoms with van der Waals surface area (Å²) in [4.78, 5) is 2.25. The van der Waals surface area contributed by atoms with Crippen LogP contribution < -0.4 is 5.73 Å². The van der Waals surface area contributed by atoms with E-state index < -0.39 is 0 Å². The maximum Gasteiger partial charge on any atom is 0.125 e. The van der Waals surface area contributed by atoms with Gasteiger partial charge in [0.1, 0.15) is 5.82 Å². The van der Waals surface area contributed by atoms with Crippen LogP contribution in [0.25, 0.3) is 0 Å². The van der Waals surface area contributed by atoms with Gasteiger partial charge in [0, 0.05) is 18.8 Å². The molecule has 0 spiro atoms. The normalized spacial score (nSPS) is 15.9. The van der Waals surface area contributed by atoms with Gasteiger partial charge in [-0.3, -0.25) is 0 Å². The topological polar surface area (TPSA) is 29.3 Å². The minimum atomic E-state index is -0.263. The first kappa shape index (κ1) is 10.4. The summed E-state index contributed by atoms with van der Waals surface area (Å²) in [6, 6.07) is 4.63. The SMILES string of the molecule is CN(Cc1ccc(F)cc1N)CC1CC1. The van der Waals surface area contributed by atoms with Crippen molar-refractivity contribution >= 4 is 5.69 Å². The average molecular weight is 208 g/mol. The van der Waals surface area contributed by atoms with Gasteiger partial charge in [0.2, 0.25) is 0 Å². The predicted octanol–water partition coefficient (Wildman–Crippen LogP) is 2.25. The second kappa shape index (κ2) is 4.19. The molecule has 2 nitrogen and oxygen atoms in total. The highest BCUT2D eigenvalue weighted by atomic mass is 19.1. The highest BCUT2D eigenvalue weighted by Crippen LogP contribution is 2.29. The molecule has 2 rings (SSSR count). The van der Waals surface area contributed by atoms with E-state index in [4.69, 9.17) is 5.73 Å². The zero-order chi connectivity index (χ0) is 10.8. The molecule has 0 bridgehead atoms.